The van der Waals surface area contributed by atoms with E-state index in [9.17, 15) is 18.4 Å². The van der Waals surface area contributed by atoms with Crippen LogP contribution in [0.1, 0.15) is 57.6 Å². The van der Waals surface area contributed by atoms with E-state index in [1.165, 1.54) is 11.0 Å². The van der Waals surface area contributed by atoms with Gasteiger partial charge in [0.25, 0.3) is 0 Å². The number of rotatable bonds is 8. The maximum absolute atomic E-state index is 14.7. The van der Waals surface area contributed by atoms with Gasteiger partial charge in [0.2, 0.25) is 5.91 Å². The number of hydrogen-bond acceptors (Lipinski definition) is 2. The van der Waals surface area contributed by atoms with E-state index in [4.69, 9.17) is 11.6 Å². The van der Waals surface area contributed by atoms with Gasteiger partial charge in [-0.3, -0.25) is 4.79 Å². The highest BCUT2D eigenvalue weighted by atomic mass is 35.5. The summed E-state index contributed by atoms with van der Waals surface area (Å²) in [5.41, 5.74) is -0.178. The first-order valence-corrected chi connectivity index (χ1v) is 10.6. The van der Waals surface area contributed by atoms with Crippen molar-refractivity contribution in [2.45, 2.75) is 52.0 Å². The molecule has 2 N–H and O–H groups in total. The molecule has 0 spiro atoms. The molecular weight excluding hydrogens is 400 g/mol. The summed E-state index contributed by atoms with van der Waals surface area (Å²) in [6.45, 7) is 4.39. The van der Waals surface area contributed by atoms with Crippen molar-refractivity contribution in [1.29, 1.82) is 0 Å². The van der Waals surface area contributed by atoms with Crippen LogP contribution in [0, 0.1) is 23.5 Å². The molecule has 5 nitrogen and oxygen atoms in total. The molecule has 0 saturated heterocycles. The number of carbonyl (C=O) groups is 2. The molecule has 1 aliphatic rings. The van der Waals surface area contributed by atoms with Gasteiger partial charge < -0.3 is 15.5 Å². The third-order valence-corrected chi connectivity index (χ3v) is 6.04. The fourth-order valence-electron chi connectivity index (χ4n) is 3.73. The minimum atomic E-state index is -0.824. The van der Waals surface area contributed by atoms with Crippen LogP contribution < -0.4 is 10.6 Å². The van der Waals surface area contributed by atoms with Gasteiger partial charge in [-0.2, -0.15) is 0 Å². The lowest BCUT2D eigenvalue weighted by atomic mass is 9.90. The van der Waals surface area contributed by atoms with E-state index < -0.39 is 23.6 Å². The first-order chi connectivity index (χ1) is 13.8. The van der Waals surface area contributed by atoms with Crippen LogP contribution in [0.3, 0.4) is 0 Å². The van der Waals surface area contributed by atoms with E-state index in [0.717, 1.165) is 31.7 Å². The number of hydrogen-bond donors (Lipinski definition) is 2. The number of urea groups is 1. The quantitative estimate of drug-likeness (QED) is 0.591. The van der Waals surface area contributed by atoms with Gasteiger partial charge in [0.05, 0.1) is 17.0 Å². The first-order valence-electron chi connectivity index (χ1n) is 10.2. The summed E-state index contributed by atoms with van der Waals surface area (Å²) in [4.78, 5) is 26.4. The molecular formula is C21H30ClF2N3O2. The molecule has 0 aliphatic heterocycles. The molecule has 2 rings (SSSR count). The Morgan fingerprint density at radius 2 is 1.90 bits per heavy atom. The second-order valence-electron chi connectivity index (χ2n) is 7.59. The lowest BCUT2D eigenvalue weighted by Crippen LogP contribution is -2.44. The van der Waals surface area contributed by atoms with Gasteiger partial charge in [-0.05, 0) is 44.2 Å². The summed E-state index contributed by atoms with van der Waals surface area (Å²) in [7, 11) is 1.66. The van der Waals surface area contributed by atoms with E-state index in [1.54, 1.807) is 7.05 Å². The zero-order valence-corrected chi connectivity index (χ0v) is 18.0. The molecule has 3 amide bonds. The Morgan fingerprint density at radius 1 is 1.24 bits per heavy atom. The Morgan fingerprint density at radius 3 is 2.48 bits per heavy atom. The molecule has 162 valence electrons. The molecule has 2 atom stereocenters. The Labute approximate surface area is 176 Å². The molecule has 1 fully saturated rings. The summed E-state index contributed by atoms with van der Waals surface area (Å²) in [6, 6.07) is 1.26. The fourth-order valence-corrected chi connectivity index (χ4v) is 3.89. The zero-order chi connectivity index (χ0) is 21.6. The van der Waals surface area contributed by atoms with E-state index in [1.807, 2.05) is 13.8 Å². The molecule has 1 aromatic carbocycles. The highest BCUT2D eigenvalue weighted by Crippen LogP contribution is 2.39. The maximum Gasteiger partial charge on any atom is 0.317 e. The van der Waals surface area contributed by atoms with Crippen LogP contribution in [0.2, 0.25) is 5.02 Å². The Balaban J connectivity index is 2.19. The molecule has 0 aromatic heterocycles. The highest BCUT2D eigenvalue weighted by Gasteiger charge is 2.34. The van der Waals surface area contributed by atoms with E-state index in [-0.39, 0.29) is 35.0 Å². The molecule has 29 heavy (non-hydrogen) atoms. The number of nitrogens with zero attached hydrogens (tertiary/aromatic N) is 1. The minimum Gasteiger partial charge on any atom is -0.348 e. The van der Waals surface area contributed by atoms with Crippen molar-refractivity contribution >= 4 is 23.5 Å². The monoisotopic (exact) mass is 429 g/mol. The summed E-state index contributed by atoms with van der Waals surface area (Å²) >= 11 is 5.88. The maximum atomic E-state index is 14.7. The Bertz CT molecular complexity index is 726. The van der Waals surface area contributed by atoms with Gasteiger partial charge >= 0.3 is 6.03 Å². The van der Waals surface area contributed by atoms with Crippen molar-refractivity contribution in [3.8, 4) is 0 Å². The number of nitrogens with one attached hydrogen (secondary N) is 2. The number of halogens is 3. The SMILES string of the molecule is CC[C@@H](CNC(=O)N(C)CC)C(=O)NC(c1c(F)ccc(Cl)c1F)C1CCCC1. The van der Waals surface area contributed by atoms with Crippen molar-refractivity contribution in [3.63, 3.8) is 0 Å². The third-order valence-electron chi connectivity index (χ3n) is 5.74. The molecule has 1 saturated carbocycles. The van der Waals surface area contributed by atoms with Gasteiger partial charge in [0.15, 0.2) is 0 Å². The lowest BCUT2D eigenvalue weighted by molar-refractivity contribution is -0.126. The molecule has 1 aromatic rings. The minimum absolute atomic E-state index is 0.0558. The summed E-state index contributed by atoms with van der Waals surface area (Å²) in [6.07, 6.45) is 3.96. The van der Waals surface area contributed by atoms with Gasteiger partial charge in [-0.15, -0.1) is 0 Å². The Hall–Kier alpha value is -1.89. The van der Waals surface area contributed by atoms with Crippen molar-refractivity contribution < 1.29 is 18.4 Å². The van der Waals surface area contributed by atoms with E-state index >= 15 is 0 Å². The van der Waals surface area contributed by atoms with Crippen molar-refractivity contribution in [2.24, 2.45) is 11.8 Å². The average molecular weight is 430 g/mol. The summed E-state index contributed by atoms with van der Waals surface area (Å²) in [5.74, 6) is -2.43. The van der Waals surface area contributed by atoms with Crippen LogP contribution >= 0.6 is 11.6 Å². The van der Waals surface area contributed by atoms with Crippen LogP contribution in [0.25, 0.3) is 0 Å². The lowest BCUT2D eigenvalue weighted by Gasteiger charge is -2.28. The molecule has 0 bridgehead atoms. The van der Waals surface area contributed by atoms with E-state index in [2.05, 4.69) is 10.6 Å². The fraction of sp³-hybridized carbons (Fsp3) is 0.619. The van der Waals surface area contributed by atoms with E-state index in [0.29, 0.717) is 13.0 Å². The largest absolute Gasteiger partial charge is 0.348 e. The Kier molecular flexibility index (Phi) is 8.68. The number of amides is 3. The standard InChI is InChI=1S/C21H30ClF2N3O2/c1-4-13(12-25-21(29)27(3)5-2)20(28)26-19(14-8-6-7-9-14)17-16(23)11-10-15(22)18(17)24/h10-11,13-14,19H,4-9,12H2,1-3H3,(H,25,29)(H,26,28)/t13-,19?/m0/s1. The second kappa shape index (κ2) is 10.8. The number of benzene rings is 1. The predicted molar refractivity (Wildman–Crippen MR) is 110 cm³/mol. The van der Waals surface area contributed by atoms with Crippen molar-refractivity contribution in [2.75, 3.05) is 20.1 Å². The predicted octanol–water partition coefficient (Wildman–Crippen LogP) is 4.65. The summed E-state index contributed by atoms with van der Waals surface area (Å²) < 4.78 is 29.2. The van der Waals surface area contributed by atoms with Crippen LogP contribution in [-0.2, 0) is 4.79 Å². The molecule has 0 heterocycles. The van der Waals surface area contributed by atoms with Crippen LogP contribution in [0.15, 0.2) is 12.1 Å². The molecule has 0 radical (unpaired) electrons. The molecule has 8 heteroatoms. The summed E-state index contributed by atoms with van der Waals surface area (Å²) in [5, 5.41) is 5.43. The van der Waals surface area contributed by atoms with Crippen molar-refractivity contribution in [3.05, 3.63) is 34.4 Å². The van der Waals surface area contributed by atoms with Gasteiger partial charge in [-0.25, -0.2) is 13.6 Å². The van der Waals surface area contributed by atoms with Crippen LogP contribution in [0.5, 0.6) is 0 Å². The van der Waals surface area contributed by atoms with Gasteiger partial charge in [0.1, 0.15) is 11.6 Å². The first kappa shape index (κ1) is 23.4. The third kappa shape index (κ3) is 5.81. The highest BCUT2D eigenvalue weighted by molar-refractivity contribution is 6.30. The number of carbonyl (C=O) groups excluding carboxylic acids is 2. The topological polar surface area (TPSA) is 61.4 Å². The average Bonchev–Trinajstić information content (AvgIpc) is 3.24. The van der Waals surface area contributed by atoms with Gasteiger partial charge in [0, 0.05) is 25.7 Å². The second-order valence-corrected chi connectivity index (χ2v) is 8.00. The normalized spacial score (nSPS) is 16.3. The zero-order valence-electron chi connectivity index (χ0n) is 17.2. The smallest absolute Gasteiger partial charge is 0.317 e. The van der Waals surface area contributed by atoms with Crippen LogP contribution in [-0.4, -0.2) is 37.0 Å². The molecule has 1 unspecified atom stereocenters. The van der Waals surface area contributed by atoms with Gasteiger partial charge in [-0.1, -0.05) is 31.4 Å². The van der Waals surface area contributed by atoms with Crippen molar-refractivity contribution in [1.82, 2.24) is 15.5 Å². The van der Waals surface area contributed by atoms with Crippen LogP contribution in [0.4, 0.5) is 13.6 Å². The molecule has 1 aliphatic carbocycles.